The Labute approximate surface area is 105 Å². The molecule has 6 heteroatoms. The fourth-order valence-corrected chi connectivity index (χ4v) is 1.33. The van der Waals surface area contributed by atoms with Crippen LogP contribution < -0.4 is 14.8 Å². The van der Waals surface area contributed by atoms with E-state index in [-0.39, 0.29) is 6.61 Å². The van der Waals surface area contributed by atoms with Gasteiger partial charge in [-0.05, 0) is 12.1 Å². The number of carboxylic acids is 1. The van der Waals surface area contributed by atoms with Gasteiger partial charge in [-0.3, -0.25) is 4.79 Å². The first-order valence-electron chi connectivity index (χ1n) is 5.30. The van der Waals surface area contributed by atoms with Crippen LogP contribution in [0.5, 0.6) is 11.5 Å². The lowest BCUT2D eigenvalue weighted by Gasteiger charge is -2.15. The molecule has 1 aromatic rings. The van der Waals surface area contributed by atoms with Crippen LogP contribution in [0.15, 0.2) is 24.3 Å². The topological polar surface area (TPSA) is 84.9 Å². The summed E-state index contributed by atoms with van der Waals surface area (Å²) in [6.45, 7) is 1.08. The van der Waals surface area contributed by atoms with E-state index >= 15 is 0 Å². The molecule has 0 aliphatic rings. The molecular weight excluding hydrogens is 238 g/mol. The molecule has 0 aromatic heterocycles. The number of carboxylic acid groups (broad SMARTS) is 1. The highest BCUT2D eigenvalue weighted by atomic mass is 16.5. The summed E-state index contributed by atoms with van der Waals surface area (Å²) in [6.07, 6.45) is 0. The standard InChI is InChI=1S/C12H15NO5/c1-8(14)13-9(12(15)16)7-18-11-6-4-3-5-10(11)17-2/h3-6,9H,7H2,1-2H3,(H,13,14)(H,15,16). The number of benzene rings is 1. The monoisotopic (exact) mass is 253 g/mol. The number of rotatable bonds is 6. The third-order valence-corrected chi connectivity index (χ3v) is 2.15. The van der Waals surface area contributed by atoms with Crippen molar-refractivity contribution in [2.75, 3.05) is 13.7 Å². The number of para-hydroxylation sites is 2. The van der Waals surface area contributed by atoms with Crippen LogP contribution in [-0.4, -0.2) is 36.7 Å². The van der Waals surface area contributed by atoms with Crippen LogP contribution in [0.3, 0.4) is 0 Å². The molecule has 0 spiro atoms. The van der Waals surface area contributed by atoms with E-state index < -0.39 is 17.9 Å². The largest absolute Gasteiger partial charge is 0.493 e. The summed E-state index contributed by atoms with van der Waals surface area (Å²) in [4.78, 5) is 21.7. The summed E-state index contributed by atoms with van der Waals surface area (Å²) in [5.41, 5.74) is 0. The lowest BCUT2D eigenvalue weighted by atomic mass is 10.3. The zero-order chi connectivity index (χ0) is 13.5. The Hall–Kier alpha value is -2.24. The minimum Gasteiger partial charge on any atom is -0.493 e. The van der Waals surface area contributed by atoms with Crippen molar-refractivity contribution in [3.8, 4) is 11.5 Å². The van der Waals surface area contributed by atoms with Crippen LogP contribution in [0.25, 0.3) is 0 Å². The van der Waals surface area contributed by atoms with E-state index in [4.69, 9.17) is 14.6 Å². The van der Waals surface area contributed by atoms with Gasteiger partial charge in [-0.2, -0.15) is 0 Å². The molecule has 0 heterocycles. The Bertz CT molecular complexity index is 432. The van der Waals surface area contributed by atoms with Crippen LogP contribution in [-0.2, 0) is 9.59 Å². The van der Waals surface area contributed by atoms with E-state index in [2.05, 4.69) is 5.32 Å². The van der Waals surface area contributed by atoms with E-state index in [1.807, 2.05) is 0 Å². The first-order valence-corrected chi connectivity index (χ1v) is 5.30. The van der Waals surface area contributed by atoms with Crippen molar-refractivity contribution in [1.82, 2.24) is 5.32 Å². The van der Waals surface area contributed by atoms with Crippen molar-refractivity contribution in [2.45, 2.75) is 13.0 Å². The lowest BCUT2D eigenvalue weighted by Crippen LogP contribution is -2.43. The van der Waals surface area contributed by atoms with E-state index in [1.54, 1.807) is 24.3 Å². The molecule has 0 aliphatic carbocycles. The number of aliphatic carboxylic acids is 1. The normalized spacial score (nSPS) is 11.4. The molecule has 98 valence electrons. The van der Waals surface area contributed by atoms with Crippen molar-refractivity contribution in [3.63, 3.8) is 0 Å². The number of amides is 1. The SMILES string of the molecule is COc1ccccc1OCC(NC(C)=O)C(=O)O. The van der Waals surface area contributed by atoms with Crippen LogP contribution in [0.2, 0.25) is 0 Å². The predicted molar refractivity (Wildman–Crippen MR) is 63.7 cm³/mol. The molecule has 1 rings (SSSR count). The van der Waals surface area contributed by atoms with Gasteiger partial charge < -0.3 is 19.9 Å². The second-order valence-electron chi connectivity index (χ2n) is 3.55. The zero-order valence-electron chi connectivity index (χ0n) is 10.2. The van der Waals surface area contributed by atoms with Crippen LogP contribution in [0, 0.1) is 0 Å². The van der Waals surface area contributed by atoms with Gasteiger partial charge >= 0.3 is 5.97 Å². The minimum absolute atomic E-state index is 0.171. The molecule has 0 radical (unpaired) electrons. The Balaban J connectivity index is 2.66. The highest BCUT2D eigenvalue weighted by molar-refractivity contribution is 5.82. The van der Waals surface area contributed by atoms with E-state index in [9.17, 15) is 9.59 Å². The van der Waals surface area contributed by atoms with E-state index in [0.29, 0.717) is 11.5 Å². The predicted octanol–water partition coefficient (Wildman–Crippen LogP) is 0.663. The van der Waals surface area contributed by atoms with Crippen molar-refractivity contribution in [2.24, 2.45) is 0 Å². The van der Waals surface area contributed by atoms with Gasteiger partial charge in [0.15, 0.2) is 17.5 Å². The number of hydrogen-bond donors (Lipinski definition) is 2. The quantitative estimate of drug-likeness (QED) is 0.778. The molecule has 0 saturated heterocycles. The third-order valence-electron chi connectivity index (χ3n) is 2.15. The van der Waals surface area contributed by atoms with Crippen molar-refractivity contribution in [3.05, 3.63) is 24.3 Å². The molecule has 1 unspecified atom stereocenters. The number of nitrogens with one attached hydrogen (secondary N) is 1. The fourth-order valence-electron chi connectivity index (χ4n) is 1.33. The molecule has 0 saturated carbocycles. The number of carbonyl (C=O) groups is 2. The number of carbonyl (C=O) groups excluding carboxylic acids is 1. The maximum atomic E-state index is 10.9. The highest BCUT2D eigenvalue weighted by Crippen LogP contribution is 2.25. The Morgan fingerprint density at radius 3 is 2.44 bits per heavy atom. The van der Waals surface area contributed by atoms with E-state index in [1.165, 1.54) is 14.0 Å². The fraction of sp³-hybridized carbons (Fsp3) is 0.333. The molecule has 1 atom stereocenters. The molecule has 0 fully saturated rings. The first-order chi connectivity index (χ1) is 8.54. The van der Waals surface area contributed by atoms with Gasteiger partial charge in [-0.15, -0.1) is 0 Å². The Morgan fingerprint density at radius 2 is 1.94 bits per heavy atom. The summed E-state index contributed by atoms with van der Waals surface area (Å²) in [5.74, 6) is -0.646. The zero-order valence-corrected chi connectivity index (χ0v) is 10.2. The van der Waals surface area contributed by atoms with Gasteiger partial charge in [0.25, 0.3) is 0 Å². The summed E-state index contributed by atoms with van der Waals surface area (Å²) >= 11 is 0. The van der Waals surface area contributed by atoms with Gasteiger partial charge in [0.1, 0.15) is 6.61 Å². The molecule has 0 bridgehead atoms. The summed E-state index contributed by atoms with van der Waals surface area (Å²) < 4.78 is 10.4. The smallest absolute Gasteiger partial charge is 0.329 e. The summed E-state index contributed by atoms with van der Waals surface area (Å²) in [6, 6.07) is 5.78. The maximum absolute atomic E-state index is 10.9. The highest BCUT2D eigenvalue weighted by Gasteiger charge is 2.19. The average Bonchev–Trinajstić information content (AvgIpc) is 2.34. The van der Waals surface area contributed by atoms with Gasteiger partial charge in [0.2, 0.25) is 5.91 Å². The second kappa shape index (κ2) is 6.48. The second-order valence-corrected chi connectivity index (χ2v) is 3.55. The maximum Gasteiger partial charge on any atom is 0.329 e. The minimum atomic E-state index is -1.15. The molecule has 2 N–H and O–H groups in total. The Kier molecular flexibility index (Phi) is 4.98. The average molecular weight is 253 g/mol. The molecular formula is C12H15NO5. The van der Waals surface area contributed by atoms with Gasteiger partial charge in [0.05, 0.1) is 7.11 Å². The van der Waals surface area contributed by atoms with Crippen LogP contribution in [0.4, 0.5) is 0 Å². The number of hydrogen-bond acceptors (Lipinski definition) is 4. The van der Waals surface area contributed by atoms with Gasteiger partial charge in [-0.25, -0.2) is 4.79 Å². The summed E-state index contributed by atoms with van der Waals surface area (Å²) in [7, 11) is 1.49. The van der Waals surface area contributed by atoms with Crippen molar-refractivity contribution in [1.29, 1.82) is 0 Å². The molecule has 18 heavy (non-hydrogen) atoms. The van der Waals surface area contributed by atoms with Crippen molar-refractivity contribution >= 4 is 11.9 Å². The molecule has 1 amide bonds. The van der Waals surface area contributed by atoms with Crippen molar-refractivity contribution < 1.29 is 24.2 Å². The molecule has 6 nitrogen and oxygen atoms in total. The summed E-state index contributed by atoms with van der Waals surface area (Å²) in [5, 5.41) is 11.2. The van der Waals surface area contributed by atoms with Crippen LogP contribution in [0.1, 0.15) is 6.92 Å². The Morgan fingerprint density at radius 1 is 1.33 bits per heavy atom. The molecule has 1 aromatic carbocycles. The number of ether oxygens (including phenoxy) is 2. The van der Waals surface area contributed by atoms with Gasteiger partial charge in [-0.1, -0.05) is 12.1 Å². The molecule has 0 aliphatic heterocycles. The number of methoxy groups -OCH3 is 1. The third kappa shape index (κ3) is 3.97. The van der Waals surface area contributed by atoms with E-state index in [0.717, 1.165) is 0 Å². The first kappa shape index (κ1) is 13.8. The lowest BCUT2D eigenvalue weighted by molar-refractivity contribution is -0.142. The van der Waals surface area contributed by atoms with Crippen LogP contribution >= 0.6 is 0 Å². The van der Waals surface area contributed by atoms with Gasteiger partial charge in [0, 0.05) is 6.92 Å².